The highest BCUT2D eigenvalue weighted by atomic mass is 16.3. The van der Waals surface area contributed by atoms with Gasteiger partial charge in [0.25, 0.3) is 0 Å². The molecule has 0 aromatic rings. The molecule has 0 amide bonds. The van der Waals surface area contributed by atoms with Gasteiger partial charge in [0.15, 0.2) is 0 Å². The molecule has 36 heavy (non-hydrogen) atoms. The van der Waals surface area contributed by atoms with Crippen molar-refractivity contribution in [2.45, 2.75) is 208 Å². The average Bonchev–Trinajstić information content (AvgIpc) is 2.90. The van der Waals surface area contributed by atoms with Gasteiger partial charge in [-0.25, -0.2) is 0 Å². The number of hydrogen-bond acceptors (Lipinski definition) is 3. The van der Waals surface area contributed by atoms with E-state index in [9.17, 15) is 5.11 Å². The van der Waals surface area contributed by atoms with Crippen molar-refractivity contribution in [3.05, 3.63) is 0 Å². The van der Waals surface area contributed by atoms with Crippen molar-refractivity contribution >= 4 is 0 Å². The first-order valence-corrected chi connectivity index (χ1v) is 16.6. The van der Waals surface area contributed by atoms with Crippen LogP contribution in [0.15, 0.2) is 0 Å². The first-order chi connectivity index (χ1) is 17.6. The third-order valence-electron chi connectivity index (χ3n) is 6.39. The zero-order chi connectivity index (χ0) is 28.1. The molecule has 0 fully saturated rings. The topological polar surface area (TPSA) is 66.5 Å². The minimum Gasteiger partial charge on any atom is -0.393 e. The molecule has 0 bridgehead atoms. The summed E-state index contributed by atoms with van der Waals surface area (Å²) in [5.41, 5.74) is 5.34. The maximum atomic E-state index is 9.26. The second-order valence-corrected chi connectivity index (χ2v) is 10.0. The van der Waals surface area contributed by atoms with Crippen LogP contribution in [0, 0.1) is 0 Å². The molecule has 0 aromatic carbocycles. The second kappa shape index (κ2) is 44.8. The molecule has 4 N–H and O–H groups in total. The monoisotopic (exact) mass is 518 g/mol. The Balaban J connectivity index is -0.000000249. The third-order valence-corrected chi connectivity index (χ3v) is 6.39. The number of unbranched alkanes of at least 4 members (excludes halogenated alkanes) is 19. The molecule has 0 saturated heterocycles. The molecule has 0 heterocycles. The zero-order valence-corrected chi connectivity index (χ0v) is 26.6. The van der Waals surface area contributed by atoms with Gasteiger partial charge in [0.2, 0.25) is 0 Å². The fraction of sp³-hybridized carbons (Fsp3) is 1.00. The lowest BCUT2D eigenvalue weighted by Gasteiger charge is -2.06. The molecule has 0 aliphatic heterocycles. The first-order valence-electron chi connectivity index (χ1n) is 16.6. The van der Waals surface area contributed by atoms with Crippen LogP contribution >= 0.6 is 0 Å². The van der Waals surface area contributed by atoms with Crippen LogP contribution in [0.25, 0.3) is 0 Å². The Hall–Kier alpha value is -0.120. The average molecular weight is 518 g/mol. The quantitative estimate of drug-likeness (QED) is 0.111. The summed E-state index contributed by atoms with van der Waals surface area (Å²) >= 11 is 0. The van der Waals surface area contributed by atoms with Gasteiger partial charge in [-0.15, -0.1) is 0 Å². The lowest BCUT2D eigenvalue weighted by atomic mass is 10.0. The van der Waals surface area contributed by atoms with E-state index in [2.05, 4.69) is 13.8 Å². The van der Waals surface area contributed by atoms with E-state index in [4.69, 9.17) is 10.8 Å². The molecular formula is C33H75NO2. The Kier molecular flexibility index (Phi) is 53.5. The molecule has 3 heteroatoms. The SMILES string of the molecule is CC.CC.CCCCCCCCCCCCC(O)CN.CCCCCCCCCCCCCC(C)O. The van der Waals surface area contributed by atoms with E-state index < -0.39 is 0 Å². The number of nitrogens with two attached hydrogens (primary N) is 1. The van der Waals surface area contributed by atoms with Gasteiger partial charge in [-0.1, -0.05) is 176 Å². The van der Waals surface area contributed by atoms with Crippen molar-refractivity contribution in [2.24, 2.45) is 5.73 Å². The lowest BCUT2D eigenvalue weighted by molar-refractivity contribution is 0.168. The lowest BCUT2D eigenvalue weighted by Crippen LogP contribution is -2.19. The number of hydrogen-bond donors (Lipinski definition) is 3. The molecule has 0 saturated carbocycles. The van der Waals surface area contributed by atoms with Crippen LogP contribution in [0.2, 0.25) is 0 Å². The van der Waals surface area contributed by atoms with Crippen molar-refractivity contribution in [3.63, 3.8) is 0 Å². The van der Waals surface area contributed by atoms with Crippen molar-refractivity contribution in [2.75, 3.05) is 6.54 Å². The number of rotatable bonds is 24. The van der Waals surface area contributed by atoms with Crippen molar-refractivity contribution < 1.29 is 10.2 Å². The van der Waals surface area contributed by atoms with Crippen molar-refractivity contribution in [1.82, 2.24) is 0 Å². The Morgan fingerprint density at radius 3 is 0.944 bits per heavy atom. The van der Waals surface area contributed by atoms with E-state index in [0.29, 0.717) is 6.54 Å². The molecule has 2 unspecified atom stereocenters. The maximum Gasteiger partial charge on any atom is 0.0662 e. The fourth-order valence-electron chi connectivity index (χ4n) is 4.09. The molecule has 0 spiro atoms. The van der Waals surface area contributed by atoms with Crippen LogP contribution in [0.3, 0.4) is 0 Å². The van der Waals surface area contributed by atoms with Crippen LogP contribution in [0.1, 0.15) is 196 Å². The smallest absolute Gasteiger partial charge is 0.0662 e. The third kappa shape index (κ3) is 50.7. The largest absolute Gasteiger partial charge is 0.393 e. The van der Waals surface area contributed by atoms with Gasteiger partial charge in [0.05, 0.1) is 12.2 Å². The van der Waals surface area contributed by atoms with Crippen molar-refractivity contribution in [1.29, 1.82) is 0 Å². The van der Waals surface area contributed by atoms with Crippen LogP contribution in [0.5, 0.6) is 0 Å². The molecule has 0 aromatic heterocycles. The predicted molar refractivity (Wildman–Crippen MR) is 167 cm³/mol. The highest BCUT2D eigenvalue weighted by Gasteiger charge is 2.00. The van der Waals surface area contributed by atoms with E-state index in [1.165, 1.54) is 128 Å². The molecule has 3 nitrogen and oxygen atoms in total. The molecular weight excluding hydrogens is 442 g/mol. The summed E-state index contributed by atoms with van der Waals surface area (Å²) in [6.45, 7) is 14.8. The van der Waals surface area contributed by atoms with E-state index >= 15 is 0 Å². The maximum absolute atomic E-state index is 9.26. The Morgan fingerprint density at radius 1 is 0.444 bits per heavy atom. The molecule has 0 rings (SSSR count). The Morgan fingerprint density at radius 2 is 0.694 bits per heavy atom. The molecule has 224 valence electrons. The van der Waals surface area contributed by atoms with Gasteiger partial charge < -0.3 is 15.9 Å². The molecule has 0 radical (unpaired) electrons. The minimum absolute atomic E-state index is 0.0986. The van der Waals surface area contributed by atoms with Crippen LogP contribution in [-0.4, -0.2) is 29.0 Å². The van der Waals surface area contributed by atoms with Gasteiger partial charge in [0.1, 0.15) is 0 Å². The van der Waals surface area contributed by atoms with Gasteiger partial charge in [-0.2, -0.15) is 0 Å². The first kappa shape index (κ1) is 43.0. The highest BCUT2D eigenvalue weighted by Crippen LogP contribution is 2.13. The summed E-state index contributed by atoms with van der Waals surface area (Å²) in [6, 6.07) is 0. The second-order valence-electron chi connectivity index (χ2n) is 10.0. The summed E-state index contributed by atoms with van der Waals surface area (Å²) in [5.74, 6) is 0. The van der Waals surface area contributed by atoms with Crippen LogP contribution in [0.4, 0.5) is 0 Å². The van der Waals surface area contributed by atoms with Crippen molar-refractivity contribution in [3.8, 4) is 0 Å². The summed E-state index contributed by atoms with van der Waals surface area (Å²) in [5, 5.41) is 18.4. The zero-order valence-electron chi connectivity index (χ0n) is 26.6. The molecule has 0 aliphatic rings. The van der Waals surface area contributed by atoms with Gasteiger partial charge >= 0.3 is 0 Å². The summed E-state index contributed by atoms with van der Waals surface area (Å²) in [4.78, 5) is 0. The minimum atomic E-state index is -0.269. The van der Waals surface area contributed by atoms with E-state index in [1.807, 2.05) is 34.6 Å². The fourth-order valence-corrected chi connectivity index (χ4v) is 4.09. The highest BCUT2D eigenvalue weighted by molar-refractivity contribution is 4.56. The predicted octanol–water partition coefficient (Wildman–Crippen LogP) is 10.7. The molecule has 0 aliphatic carbocycles. The van der Waals surface area contributed by atoms with Gasteiger partial charge in [0, 0.05) is 6.54 Å². The van der Waals surface area contributed by atoms with E-state index in [0.717, 1.165) is 19.3 Å². The van der Waals surface area contributed by atoms with Crippen LogP contribution in [-0.2, 0) is 0 Å². The normalized spacial score (nSPS) is 11.8. The van der Waals surface area contributed by atoms with E-state index in [1.54, 1.807) is 0 Å². The summed E-state index contributed by atoms with van der Waals surface area (Å²) in [7, 11) is 0. The number of aliphatic hydroxyl groups excluding tert-OH is 2. The summed E-state index contributed by atoms with van der Waals surface area (Å²) < 4.78 is 0. The Bertz CT molecular complexity index is 310. The standard InChI is InChI=1S/C15H32O.C14H31NO.2C2H6/c1-3-4-5-6-7-8-9-10-11-12-13-14-15(2)16;1-2-3-4-5-6-7-8-9-10-11-12-14(16)13-15;2*1-2/h15-16H,3-14H2,1-2H3;14,16H,2-13,15H2,1H3;2*1-2H3. The summed E-state index contributed by atoms with van der Waals surface area (Å²) in [6.07, 6.45) is 30.1. The molecule has 2 atom stereocenters. The van der Waals surface area contributed by atoms with Gasteiger partial charge in [-0.05, 0) is 19.8 Å². The van der Waals surface area contributed by atoms with E-state index in [-0.39, 0.29) is 12.2 Å². The number of aliphatic hydroxyl groups is 2. The van der Waals surface area contributed by atoms with Gasteiger partial charge in [-0.3, -0.25) is 0 Å². The Labute approximate surface area is 230 Å². The van der Waals surface area contributed by atoms with Crippen LogP contribution < -0.4 is 5.73 Å².